The summed E-state index contributed by atoms with van der Waals surface area (Å²) in [7, 11) is 1.68. The molecule has 0 aliphatic heterocycles. The minimum absolute atomic E-state index is 0.485. The smallest absolute Gasteiger partial charge is 0.228 e. The van der Waals surface area contributed by atoms with Crippen molar-refractivity contribution in [2.45, 2.75) is 6.42 Å². The summed E-state index contributed by atoms with van der Waals surface area (Å²) in [5.74, 6) is 0.485. The lowest BCUT2D eigenvalue weighted by Gasteiger charge is -2.10. The van der Waals surface area contributed by atoms with Gasteiger partial charge in [0.1, 0.15) is 17.4 Å². The molecule has 0 amide bonds. The maximum absolute atomic E-state index is 9.06. The van der Waals surface area contributed by atoms with Crippen LogP contribution in [0.4, 0.5) is 5.69 Å². The molecule has 0 bridgehead atoms. The van der Waals surface area contributed by atoms with E-state index in [1.807, 2.05) is 18.2 Å². The van der Waals surface area contributed by atoms with Crippen LogP contribution in [-0.4, -0.2) is 28.6 Å². The molecule has 6 heteroatoms. The number of nitrogens with zero attached hydrogens (tertiary/aromatic N) is 4. The molecule has 0 radical (unpaired) electrons. The van der Waals surface area contributed by atoms with Crippen molar-refractivity contribution in [1.29, 1.82) is 5.26 Å². The van der Waals surface area contributed by atoms with Gasteiger partial charge in [0.25, 0.3) is 0 Å². The lowest BCUT2D eigenvalue weighted by Crippen LogP contribution is -2.08. The number of aromatic amines is 1. The SMILES string of the molecule is CN(C#N)c1c[nH]c2ncnc(OCCc3ccccc3)c12. The summed E-state index contributed by atoms with van der Waals surface area (Å²) >= 11 is 0. The van der Waals surface area contributed by atoms with Gasteiger partial charge in [-0.3, -0.25) is 4.90 Å². The molecule has 3 rings (SSSR count). The van der Waals surface area contributed by atoms with Gasteiger partial charge in [-0.25, -0.2) is 9.97 Å². The molecule has 0 atom stereocenters. The number of hydrogen-bond donors (Lipinski definition) is 1. The van der Waals surface area contributed by atoms with Crippen LogP contribution in [0.3, 0.4) is 0 Å². The van der Waals surface area contributed by atoms with Crippen LogP contribution in [0.2, 0.25) is 0 Å². The van der Waals surface area contributed by atoms with E-state index < -0.39 is 0 Å². The second-order valence-electron chi connectivity index (χ2n) is 4.82. The number of fused-ring (bicyclic) bond motifs is 1. The monoisotopic (exact) mass is 293 g/mol. The quantitative estimate of drug-likeness (QED) is 0.577. The first-order valence-corrected chi connectivity index (χ1v) is 6.92. The Hall–Kier alpha value is -3.07. The molecular formula is C16H15N5O. The molecule has 1 aromatic carbocycles. The van der Waals surface area contributed by atoms with Crippen molar-refractivity contribution in [3.8, 4) is 12.1 Å². The first-order valence-electron chi connectivity index (χ1n) is 6.92. The first-order chi connectivity index (χ1) is 10.8. The van der Waals surface area contributed by atoms with E-state index in [2.05, 4.69) is 33.3 Å². The summed E-state index contributed by atoms with van der Waals surface area (Å²) in [6.07, 6.45) is 6.04. The van der Waals surface area contributed by atoms with Crippen LogP contribution >= 0.6 is 0 Å². The minimum Gasteiger partial charge on any atom is -0.477 e. The first kappa shape index (κ1) is 13.9. The second-order valence-corrected chi connectivity index (χ2v) is 4.82. The maximum Gasteiger partial charge on any atom is 0.228 e. The van der Waals surface area contributed by atoms with Gasteiger partial charge in [-0.1, -0.05) is 30.3 Å². The summed E-state index contributed by atoms with van der Waals surface area (Å²) in [6.45, 7) is 0.511. The van der Waals surface area contributed by atoms with Crippen LogP contribution in [0.1, 0.15) is 5.56 Å². The average Bonchev–Trinajstić information content (AvgIpc) is 3.00. The fourth-order valence-electron chi connectivity index (χ4n) is 2.26. The molecule has 3 aromatic rings. The van der Waals surface area contributed by atoms with Crippen LogP contribution in [0, 0.1) is 11.5 Å². The van der Waals surface area contributed by atoms with Crippen LogP contribution in [0.25, 0.3) is 11.0 Å². The zero-order chi connectivity index (χ0) is 15.4. The second kappa shape index (κ2) is 6.14. The van der Waals surface area contributed by atoms with Crippen LogP contribution in [0.15, 0.2) is 42.9 Å². The topological polar surface area (TPSA) is 77.8 Å². The Balaban J connectivity index is 1.81. The fraction of sp³-hybridized carbons (Fsp3) is 0.188. The van der Waals surface area contributed by atoms with E-state index in [-0.39, 0.29) is 0 Å². The average molecular weight is 293 g/mol. The molecule has 110 valence electrons. The lowest BCUT2D eigenvalue weighted by molar-refractivity contribution is 0.313. The van der Waals surface area contributed by atoms with E-state index >= 15 is 0 Å². The summed E-state index contributed by atoms with van der Waals surface area (Å²) in [5.41, 5.74) is 2.56. The predicted molar refractivity (Wildman–Crippen MR) is 83.5 cm³/mol. The number of H-pyrrole nitrogens is 1. The van der Waals surface area contributed by atoms with E-state index in [0.29, 0.717) is 23.8 Å². The molecule has 0 aliphatic rings. The Bertz CT molecular complexity index is 806. The summed E-state index contributed by atoms with van der Waals surface area (Å²) in [4.78, 5) is 12.8. The molecule has 2 aromatic heterocycles. The number of ether oxygens (including phenoxy) is 1. The van der Waals surface area contributed by atoms with Gasteiger partial charge in [-0.2, -0.15) is 5.26 Å². The normalized spacial score (nSPS) is 10.4. The van der Waals surface area contributed by atoms with Gasteiger partial charge in [0.05, 0.1) is 12.3 Å². The van der Waals surface area contributed by atoms with Crippen LogP contribution < -0.4 is 9.64 Å². The van der Waals surface area contributed by atoms with Crippen LogP contribution in [0.5, 0.6) is 5.88 Å². The van der Waals surface area contributed by atoms with Crippen molar-refractivity contribution < 1.29 is 4.74 Å². The van der Waals surface area contributed by atoms with Gasteiger partial charge in [0.2, 0.25) is 5.88 Å². The molecule has 0 fully saturated rings. The minimum atomic E-state index is 0.485. The molecular weight excluding hydrogens is 278 g/mol. The maximum atomic E-state index is 9.06. The Kier molecular flexibility index (Phi) is 3.88. The molecule has 2 heterocycles. The molecule has 1 N–H and O–H groups in total. The lowest BCUT2D eigenvalue weighted by atomic mass is 10.2. The Morgan fingerprint density at radius 3 is 2.86 bits per heavy atom. The standard InChI is InChI=1S/C16H15N5O/c1-21(10-17)13-9-18-15-14(13)16(20-11-19-15)22-8-7-12-5-3-2-4-6-12/h2-6,9,11H,7-8H2,1H3,(H,18,19,20). The third kappa shape index (κ3) is 2.69. The fourth-order valence-corrected chi connectivity index (χ4v) is 2.26. The molecule has 0 aliphatic carbocycles. The highest BCUT2D eigenvalue weighted by Crippen LogP contribution is 2.31. The van der Waals surface area contributed by atoms with Gasteiger partial charge in [-0.15, -0.1) is 0 Å². The van der Waals surface area contributed by atoms with Crippen molar-refractivity contribution in [3.05, 3.63) is 48.4 Å². The number of benzene rings is 1. The highest BCUT2D eigenvalue weighted by Gasteiger charge is 2.15. The highest BCUT2D eigenvalue weighted by atomic mass is 16.5. The molecule has 6 nitrogen and oxygen atoms in total. The van der Waals surface area contributed by atoms with Crippen molar-refractivity contribution in [2.75, 3.05) is 18.6 Å². The number of hydrogen-bond acceptors (Lipinski definition) is 5. The molecule has 0 unspecified atom stereocenters. The van der Waals surface area contributed by atoms with E-state index in [0.717, 1.165) is 11.8 Å². The summed E-state index contributed by atoms with van der Waals surface area (Å²) < 4.78 is 5.81. The third-order valence-corrected chi connectivity index (χ3v) is 3.40. The van der Waals surface area contributed by atoms with Gasteiger partial charge in [0.15, 0.2) is 6.19 Å². The number of nitrogens with one attached hydrogen (secondary N) is 1. The van der Waals surface area contributed by atoms with Gasteiger partial charge >= 0.3 is 0 Å². The summed E-state index contributed by atoms with van der Waals surface area (Å²) in [5, 5.41) is 9.78. The Morgan fingerprint density at radius 1 is 1.27 bits per heavy atom. The molecule has 22 heavy (non-hydrogen) atoms. The van der Waals surface area contributed by atoms with Crippen LogP contribution in [-0.2, 0) is 6.42 Å². The number of rotatable bonds is 5. The van der Waals surface area contributed by atoms with E-state index in [1.54, 1.807) is 13.2 Å². The number of anilines is 1. The van der Waals surface area contributed by atoms with Gasteiger partial charge in [0, 0.05) is 19.7 Å². The largest absolute Gasteiger partial charge is 0.477 e. The van der Waals surface area contributed by atoms with Crippen molar-refractivity contribution in [3.63, 3.8) is 0 Å². The van der Waals surface area contributed by atoms with Crippen molar-refractivity contribution in [2.24, 2.45) is 0 Å². The van der Waals surface area contributed by atoms with E-state index in [4.69, 9.17) is 10.00 Å². The zero-order valence-electron chi connectivity index (χ0n) is 12.2. The Labute approximate surface area is 128 Å². The van der Waals surface area contributed by atoms with E-state index in [9.17, 15) is 0 Å². The Morgan fingerprint density at radius 2 is 2.09 bits per heavy atom. The van der Waals surface area contributed by atoms with E-state index in [1.165, 1.54) is 16.8 Å². The number of nitriles is 1. The summed E-state index contributed by atoms with van der Waals surface area (Å²) in [6, 6.07) is 10.1. The predicted octanol–water partition coefficient (Wildman–Crippen LogP) is 2.50. The molecule has 0 spiro atoms. The highest BCUT2D eigenvalue weighted by molar-refractivity contribution is 5.95. The van der Waals surface area contributed by atoms with Crippen molar-refractivity contribution in [1.82, 2.24) is 15.0 Å². The molecule has 0 saturated heterocycles. The third-order valence-electron chi connectivity index (χ3n) is 3.40. The molecule has 0 saturated carbocycles. The van der Waals surface area contributed by atoms with Crippen molar-refractivity contribution >= 4 is 16.7 Å². The van der Waals surface area contributed by atoms with Gasteiger partial charge in [-0.05, 0) is 5.56 Å². The number of aromatic nitrogens is 3. The zero-order valence-corrected chi connectivity index (χ0v) is 12.2. The van der Waals surface area contributed by atoms with Gasteiger partial charge < -0.3 is 9.72 Å².